The summed E-state index contributed by atoms with van der Waals surface area (Å²) >= 11 is 0. The fourth-order valence-electron chi connectivity index (χ4n) is 4.50. The Kier molecular flexibility index (Phi) is 6.70. The monoisotopic (exact) mass is 450 g/mol. The predicted octanol–water partition coefficient (Wildman–Crippen LogP) is 4.66. The number of rotatable bonds is 6. The van der Waals surface area contributed by atoms with Crippen molar-refractivity contribution < 1.29 is 18.7 Å². The molecule has 7 nitrogen and oxygen atoms in total. The summed E-state index contributed by atoms with van der Waals surface area (Å²) < 4.78 is 16.9. The van der Waals surface area contributed by atoms with Gasteiger partial charge in [-0.15, -0.1) is 0 Å². The molecule has 0 unspecified atom stereocenters. The van der Waals surface area contributed by atoms with E-state index in [1.165, 1.54) is 7.11 Å². The Labute approximate surface area is 193 Å². The van der Waals surface area contributed by atoms with Gasteiger partial charge in [0.25, 0.3) is 0 Å². The van der Waals surface area contributed by atoms with Crippen LogP contribution in [0.3, 0.4) is 0 Å². The second-order valence-electron chi connectivity index (χ2n) is 8.28. The van der Waals surface area contributed by atoms with Gasteiger partial charge in [-0.25, -0.2) is 4.79 Å². The molecule has 0 spiro atoms. The SMILES string of the molecule is CCN(c1ccccc1C(=O)OC)c1cc(C)cc2c(=O)cc(N3CCC(OC)CC3)oc12. The standard InChI is InChI=1S/C26H30N2O5/c1-5-28(21-9-7-6-8-19(21)26(30)32-4)22-15-17(2)14-20-23(29)16-24(33-25(20)22)27-12-10-18(31-3)11-13-27/h6-9,14-16,18H,5,10-13H2,1-4H3. The summed E-state index contributed by atoms with van der Waals surface area (Å²) in [5, 5.41) is 0.523. The van der Waals surface area contributed by atoms with Crippen LogP contribution in [-0.4, -0.2) is 45.9 Å². The number of benzene rings is 2. The lowest BCUT2D eigenvalue weighted by Gasteiger charge is -2.32. The van der Waals surface area contributed by atoms with E-state index in [9.17, 15) is 9.59 Å². The molecule has 2 heterocycles. The van der Waals surface area contributed by atoms with Crippen LogP contribution in [0.2, 0.25) is 0 Å². The molecule has 3 aromatic rings. The molecule has 1 aromatic heterocycles. The van der Waals surface area contributed by atoms with E-state index < -0.39 is 5.97 Å². The normalized spacial score (nSPS) is 14.5. The van der Waals surface area contributed by atoms with Crippen LogP contribution in [0, 0.1) is 6.92 Å². The van der Waals surface area contributed by atoms with Crippen molar-refractivity contribution in [1.29, 1.82) is 0 Å². The second kappa shape index (κ2) is 9.67. The lowest BCUT2D eigenvalue weighted by Crippen LogP contribution is -2.37. The molecule has 7 heteroatoms. The van der Waals surface area contributed by atoms with Gasteiger partial charge in [-0.2, -0.15) is 0 Å². The highest BCUT2D eigenvalue weighted by Crippen LogP contribution is 2.36. The maximum Gasteiger partial charge on any atom is 0.339 e. The van der Waals surface area contributed by atoms with E-state index in [0.29, 0.717) is 34.6 Å². The van der Waals surface area contributed by atoms with Gasteiger partial charge in [-0.05, 0) is 56.5 Å². The molecule has 0 amide bonds. The molecule has 0 radical (unpaired) electrons. The molecule has 33 heavy (non-hydrogen) atoms. The van der Waals surface area contributed by atoms with Crippen LogP contribution in [0.4, 0.5) is 17.3 Å². The minimum Gasteiger partial charge on any atom is -0.465 e. The van der Waals surface area contributed by atoms with Crippen molar-refractivity contribution in [2.45, 2.75) is 32.8 Å². The van der Waals surface area contributed by atoms with Crippen molar-refractivity contribution in [3.05, 3.63) is 63.8 Å². The summed E-state index contributed by atoms with van der Waals surface area (Å²) in [6.07, 6.45) is 2.00. The Morgan fingerprint density at radius 1 is 1.12 bits per heavy atom. The first-order valence-corrected chi connectivity index (χ1v) is 11.3. The molecule has 174 valence electrons. The number of aryl methyl sites for hydroxylation is 1. The van der Waals surface area contributed by atoms with E-state index in [1.54, 1.807) is 25.3 Å². The fraction of sp³-hybridized carbons (Fsp3) is 0.385. The molecule has 1 aliphatic heterocycles. The summed E-state index contributed by atoms with van der Waals surface area (Å²) in [6, 6.07) is 12.7. The second-order valence-corrected chi connectivity index (χ2v) is 8.28. The maximum atomic E-state index is 13.1. The summed E-state index contributed by atoms with van der Waals surface area (Å²) in [4.78, 5) is 29.7. The zero-order valence-electron chi connectivity index (χ0n) is 19.6. The van der Waals surface area contributed by atoms with Gasteiger partial charge in [0.15, 0.2) is 16.9 Å². The number of para-hydroxylation sites is 1. The Morgan fingerprint density at radius 3 is 2.52 bits per heavy atom. The molecule has 1 saturated heterocycles. The summed E-state index contributed by atoms with van der Waals surface area (Å²) in [5.41, 5.74) is 3.27. The van der Waals surface area contributed by atoms with Crippen LogP contribution in [0.1, 0.15) is 35.7 Å². The van der Waals surface area contributed by atoms with Gasteiger partial charge in [0.2, 0.25) is 0 Å². The van der Waals surface area contributed by atoms with Gasteiger partial charge >= 0.3 is 5.97 Å². The topological polar surface area (TPSA) is 72.2 Å². The van der Waals surface area contributed by atoms with Gasteiger partial charge in [0, 0.05) is 32.8 Å². The average Bonchev–Trinajstić information content (AvgIpc) is 2.84. The third-order valence-corrected chi connectivity index (χ3v) is 6.23. The van der Waals surface area contributed by atoms with Crippen LogP contribution < -0.4 is 15.2 Å². The first-order chi connectivity index (χ1) is 16.0. The summed E-state index contributed by atoms with van der Waals surface area (Å²) in [7, 11) is 3.10. The van der Waals surface area contributed by atoms with Crippen molar-refractivity contribution in [2.24, 2.45) is 0 Å². The van der Waals surface area contributed by atoms with E-state index in [0.717, 1.165) is 37.2 Å². The van der Waals surface area contributed by atoms with Crippen molar-refractivity contribution in [3.8, 4) is 0 Å². The number of methoxy groups -OCH3 is 2. The third kappa shape index (κ3) is 4.46. The fourth-order valence-corrected chi connectivity index (χ4v) is 4.50. The summed E-state index contributed by atoms with van der Waals surface area (Å²) in [6.45, 7) is 6.04. The number of hydrogen-bond donors (Lipinski definition) is 0. The molecule has 0 bridgehead atoms. The summed E-state index contributed by atoms with van der Waals surface area (Å²) in [5.74, 6) is 0.147. The van der Waals surface area contributed by atoms with Crippen LogP contribution >= 0.6 is 0 Å². The molecular formula is C26H30N2O5. The highest BCUT2D eigenvalue weighted by molar-refractivity contribution is 5.99. The first kappa shape index (κ1) is 22.9. The number of ether oxygens (including phenoxy) is 2. The van der Waals surface area contributed by atoms with E-state index in [-0.39, 0.29) is 11.5 Å². The zero-order chi connectivity index (χ0) is 23.5. The number of carbonyl (C=O) groups is 1. The minimum atomic E-state index is -0.413. The number of piperidine rings is 1. The molecule has 0 atom stereocenters. The Hall–Kier alpha value is -3.32. The molecule has 2 aromatic carbocycles. The number of hydrogen-bond acceptors (Lipinski definition) is 7. The third-order valence-electron chi connectivity index (χ3n) is 6.23. The van der Waals surface area contributed by atoms with Crippen molar-refractivity contribution in [2.75, 3.05) is 43.7 Å². The zero-order valence-corrected chi connectivity index (χ0v) is 19.6. The van der Waals surface area contributed by atoms with Gasteiger partial charge in [0.05, 0.1) is 35.5 Å². The van der Waals surface area contributed by atoms with Crippen LogP contribution in [-0.2, 0) is 9.47 Å². The quantitative estimate of drug-likeness (QED) is 0.506. The highest BCUT2D eigenvalue weighted by Gasteiger charge is 2.24. The number of esters is 1. The molecule has 0 N–H and O–H groups in total. The molecule has 0 aliphatic carbocycles. The largest absolute Gasteiger partial charge is 0.465 e. The number of carbonyl (C=O) groups excluding carboxylic acids is 1. The Morgan fingerprint density at radius 2 is 1.85 bits per heavy atom. The Balaban J connectivity index is 1.86. The number of anilines is 3. The lowest BCUT2D eigenvalue weighted by atomic mass is 10.1. The van der Waals surface area contributed by atoms with Crippen LogP contribution in [0.5, 0.6) is 0 Å². The molecule has 4 rings (SSSR count). The van der Waals surface area contributed by atoms with Crippen molar-refractivity contribution in [1.82, 2.24) is 0 Å². The number of fused-ring (bicyclic) bond motifs is 1. The average molecular weight is 451 g/mol. The number of nitrogens with zero attached hydrogens (tertiary/aromatic N) is 2. The molecule has 0 saturated carbocycles. The van der Waals surface area contributed by atoms with E-state index in [2.05, 4.69) is 4.90 Å². The van der Waals surface area contributed by atoms with Crippen molar-refractivity contribution >= 4 is 34.2 Å². The van der Waals surface area contributed by atoms with Gasteiger partial charge in [-0.1, -0.05) is 12.1 Å². The van der Waals surface area contributed by atoms with Gasteiger partial charge in [0.1, 0.15) is 0 Å². The smallest absolute Gasteiger partial charge is 0.339 e. The van der Waals surface area contributed by atoms with E-state index in [4.69, 9.17) is 13.9 Å². The molecular weight excluding hydrogens is 420 g/mol. The Bertz CT molecular complexity index is 1210. The van der Waals surface area contributed by atoms with Crippen LogP contribution in [0.25, 0.3) is 11.0 Å². The van der Waals surface area contributed by atoms with Gasteiger partial charge in [-0.3, -0.25) is 4.79 Å². The maximum absolute atomic E-state index is 13.1. The van der Waals surface area contributed by atoms with Crippen LogP contribution in [0.15, 0.2) is 51.7 Å². The molecule has 1 fully saturated rings. The minimum absolute atomic E-state index is 0.0811. The van der Waals surface area contributed by atoms with Gasteiger partial charge < -0.3 is 23.7 Å². The van der Waals surface area contributed by atoms with E-state index in [1.807, 2.05) is 43.0 Å². The molecule has 1 aliphatic rings. The predicted molar refractivity (Wildman–Crippen MR) is 130 cm³/mol. The highest BCUT2D eigenvalue weighted by atomic mass is 16.5. The lowest BCUT2D eigenvalue weighted by molar-refractivity contribution is 0.0601. The first-order valence-electron chi connectivity index (χ1n) is 11.3. The van der Waals surface area contributed by atoms with E-state index >= 15 is 0 Å². The van der Waals surface area contributed by atoms with Crippen molar-refractivity contribution in [3.63, 3.8) is 0 Å².